The van der Waals surface area contributed by atoms with E-state index in [0.29, 0.717) is 12.5 Å². The van der Waals surface area contributed by atoms with E-state index in [4.69, 9.17) is 16.3 Å². The van der Waals surface area contributed by atoms with E-state index in [0.717, 1.165) is 5.75 Å². The average molecular weight is 213 g/mol. The van der Waals surface area contributed by atoms with Crippen LogP contribution in [0, 0.1) is 0 Å². The maximum Gasteiger partial charge on any atom is 0.122 e. The van der Waals surface area contributed by atoms with Gasteiger partial charge in [0.2, 0.25) is 0 Å². The van der Waals surface area contributed by atoms with Gasteiger partial charge in [-0.05, 0) is 25.5 Å². The first-order chi connectivity index (χ1) is 6.66. The second-order valence-corrected chi connectivity index (χ2v) is 4.13. The predicted octanol–water partition coefficient (Wildman–Crippen LogP) is 3.82. The molecule has 0 bridgehead atoms. The number of rotatable bonds is 4. The van der Waals surface area contributed by atoms with Crippen LogP contribution in [0.3, 0.4) is 0 Å². The zero-order valence-electron chi connectivity index (χ0n) is 8.96. The Morgan fingerprint density at radius 3 is 2.50 bits per heavy atom. The summed E-state index contributed by atoms with van der Waals surface area (Å²) in [5.41, 5.74) is 1.19. The molecule has 0 aliphatic heterocycles. The van der Waals surface area contributed by atoms with Gasteiger partial charge in [0.05, 0.1) is 6.61 Å². The summed E-state index contributed by atoms with van der Waals surface area (Å²) in [5, 5.41) is 0.122. The fourth-order valence-electron chi connectivity index (χ4n) is 1.39. The second kappa shape index (κ2) is 5.26. The quantitative estimate of drug-likeness (QED) is 0.690. The Bertz CT molecular complexity index is 283. The van der Waals surface area contributed by atoms with Gasteiger partial charge < -0.3 is 4.74 Å². The minimum Gasteiger partial charge on any atom is -0.494 e. The highest BCUT2D eigenvalue weighted by molar-refractivity contribution is 6.20. The predicted molar refractivity (Wildman–Crippen MR) is 61.3 cm³/mol. The molecule has 2 unspecified atom stereocenters. The number of alkyl halides is 1. The van der Waals surface area contributed by atoms with Crippen LogP contribution in [0.2, 0.25) is 0 Å². The van der Waals surface area contributed by atoms with Gasteiger partial charge in [0.1, 0.15) is 5.75 Å². The van der Waals surface area contributed by atoms with Crippen molar-refractivity contribution in [2.45, 2.75) is 32.1 Å². The second-order valence-electron chi connectivity index (χ2n) is 3.44. The zero-order chi connectivity index (χ0) is 10.6. The van der Waals surface area contributed by atoms with Crippen molar-refractivity contribution in [2.75, 3.05) is 6.61 Å². The van der Waals surface area contributed by atoms with Crippen LogP contribution in [0.15, 0.2) is 24.3 Å². The summed E-state index contributed by atoms with van der Waals surface area (Å²) in [7, 11) is 0. The van der Waals surface area contributed by atoms with Gasteiger partial charge in [-0.3, -0.25) is 0 Å². The lowest BCUT2D eigenvalue weighted by molar-refractivity contribution is 0.334. The Labute approximate surface area is 91.0 Å². The molecule has 0 spiro atoms. The first-order valence-electron chi connectivity index (χ1n) is 5.02. The highest BCUT2D eigenvalue weighted by Crippen LogP contribution is 2.30. The molecule has 0 saturated carbocycles. The standard InChI is InChI=1S/C12H17ClO/c1-4-14-12-8-6-5-7-11(12)9(2)10(3)13/h5-10H,4H2,1-3H3. The van der Waals surface area contributed by atoms with Crippen LogP contribution in [0.25, 0.3) is 0 Å². The van der Waals surface area contributed by atoms with Gasteiger partial charge in [0.15, 0.2) is 0 Å². The topological polar surface area (TPSA) is 9.23 Å². The van der Waals surface area contributed by atoms with Crippen molar-refractivity contribution in [3.63, 3.8) is 0 Å². The highest BCUT2D eigenvalue weighted by Gasteiger charge is 2.15. The molecule has 78 valence electrons. The van der Waals surface area contributed by atoms with Crippen molar-refractivity contribution in [1.82, 2.24) is 0 Å². The zero-order valence-corrected chi connectivity index (χ0v) is 9.71. The van der Waals surface area contributed by atoms with Gasteiger partial charge in [-0.1, -0.05) is 25.1 Å². The third-order valence-corrected chi connectivity index (χ3v) is 2.78. The normalized spacial score (nSPS) is 14.9. The van der Waals surface area contributed by atoms with Gasteiger partial charge in [-0.25, -0.2) is 0 Å². The molecule has 0 amide bonds. The molecule has 0 aromatic heterocycles. The molecule has 14 heavy (non-hydrogen) atoms. The number of ether oxygens (including phenoxy) is 1. The lowest BCUT2D eigenvalue weighted by atomic mass is 9.97. The van der Waals surface area contributed by atoms with Gasteiger partial charge in [0, 0.05) is 11.3 Å². The summed E-state index contributed by atoms with van der Waals surface area (Å²) < 4.78 is 5.55. The summed E-state index contributed by atoms with van der Waals surface area (Å²) >= 11 is 6.08. The molecule has 0 aliphatic carbocycles. The van der Waals surface area contributed by atoms with Gasteiger partial charge in [-0.15, -0.1) is 11.6 Å². The van der Waals surface area contributed by atoms with Crippen molar-refractivity contribution < 1.29 is 4.74 Å². The SMILES string of the molecule is CCOc1ccccc1C(C)C(C)Cl. The fourth-order valence-corrected chi connectivity index (χ4v) is 1.53. The molecule has 0 N–H and O–H groups in total. The smallest absolute Gasteiger partial charge is 0.122 e. The van der Waals surface area contributed by atoms with E-state index in [2.05, 4.69) is 13.0 Å². The molecule has 0 radical (unpaired) electrons. The largest absolute Gasteiger partial charge is 0.494 e. The summed E-state index contributed by atoms with van der Waals surface area (Å²) in [4.78, 5) is 0. The molecule has 0 fully saturated rings. The van der Waals surface area contributed by atoms with Gasteiger partial charge in [0.25, 0.3) is 0 Å². The molecule has 1 aromatic rings. The summed E-state index contributed by atoms with van der Waals surface area (Å²) in [5.74, 6) is 1.27. The van der Waals surface area contributed by atoms with Crippen molar-refractivity contribution in [3.8, 4) is 5.75 Å². The summed E-state index contributed by atoms with van der Waals surface area (Å²) in [6, 6.07) is 8.08. The van der Waals surface area contributed by atoms with Crippen LogP contribution in [0.4, 0.5) is 0 Å². The van der Waals surface area contributed by atoms with E-state index >= 15 is 0 Å². The lowest BCUT2D eigenvalue weighted by Crippen LogP contribution is -2.07. The third-order valence-electron chi connectivity index (χ3n) is 2.40. The summed E-state index contributed by atoms with van der Waals surface area (Å²) in [6.45, 7) is 6.82. The maximum atomic E-state index is 6.08. The van der Waals surface area contributed by atoms with Crippen LogP contribution in [-0.4, -0.2) is 12.0 Å². The Morgan fingerprint density at radius 1 is 1.29 bits per heavy atom. The molecule has 0 aliphatic rings. The molecule has 1 nitrogen and oxygen atoms in total. The fraction of sp³-hybridized carbons (Fsp3) is 0.500. The monoisotopic (exact) mass is 212 g/mol. The molecule has 1 rings (SSSR count). The van der Waals surface area contributed by atoms with Crippen molar-refractivity contribution in [2.24, 2.45) is 0 Å². The molecule has 1 aromatic carbocycles. The molecule has 0 heterocycles. The van der Waals surface area contributed by atoms with E-state index < -0.39 is 0 Å². The lowest BCUT2D eigenvalue weighted by Gasteiger charge is -2.18. The van der Waals surface area contributed by atoms with Crippen molar-refractivity contribution in [3.05, 3.63) is 29.8 Å². The number of benzene rings is 1. The first kappa shape index (κ1) is 11.4. The Morgan fingerprint density at radius 2 is 1.93 bits per heavy atom. The Balaban J connectivity index is 2.94. The molecular formula is C12H17ClO. The van der Waals surface area contributed by atoms with Crippen LogP contribution in [0.1, 0.15) is 32.3 Å². The molecular weight excluding hydrogens is 196 g/mol. The van der Waals surface area contributed by atoms with E-state index in [-0.39, 0.29) is 5.38 Å². The van der Waals surface area contributed by atoms with E-state index in [1.807, 2.05) is 32.0 Å². The van der Waals surface area contributed by atoms with Gasteiger partial charge >= 0.3 is 0 Å². The third kappa shape index (κ3) is 2.65. The highest BCUT2D eigenvalue weighted by atomic mass is 35.5. The molecule has 2 atom stereocenters. The van der Waals surface area contributed by atoms with E-state index in [1.165, 1.54) is 5.56 Å². The van der Waals surface area contributed by atoms with Crippen LogP contribution >= 0.6 is 11.6 Å². The van der Waals surface area contributed by atoms with Crippen LogP contribution in [0.5, 0.6) is 5.75 Å². The summed E-state index contributed by atoms with van der Waals surface area (Å²) in [6.07, 6.45) is 0. The minimum absolute atomic E-state index is 0.122. The number of hydrogen-bond acceptors (Lipinski definition) is 1. The molecule has 0 saturated heterocycles. The first-order valence-corrected chi connectivity index (χ1v) is 5.46. The number of halogens is 1. The maximum absolute atomic E-state index is 6.08. The van der Waals surface area contributed by atoms with Crippen LogP contribution in [-0.2, 0) is 0 Å². The molecule has 2 heteroatoms. The van der Waals surface area contributed by atoms with Gasteiger partial charge in [-0.2, -0.15) is 0 Å². The average Bonchev–Trinajstić information content (AvgIpc) is 2.18. The number of hydrogen-bond donors (Lipinski definition) is 0. The minimum atomic E-state index is 0.122. The van der Waals surface area contributed by atoms with E-state index in [9.17, 15) is 0 Å². The van der Waals surface area contributed by atoms with Crippen molar-refractivity contribution in [1.29, 1.82) is 0 Å². The number of para-hydroxylation sites is 1. The van der Waals surface area contributed by atoms with Crippen LogP contribution < -0.4 is 4.74 Å². The Kier molecular flexibility index (Phi) is 4.27. The Hall–Kier alpha value is -0.690. The van der Waals surface area contributed by atoms with Crippen molar-refractivity contribution >= 4 is 11.6 Å². The van der Waals surface area contributed by atoms with E-state index in [1.54, 1.807) is 0 Å².